The number of piperidine rings is 1. The summed E-state index contributed by atoms with van der Waals surface area (Å²) >= 11 is 0. The second kappa shape index (κ2) is 5.17. The second-order valence-corrected chi connectivity index (χ2v) is 5.28. The van der Waals surface area contributed by atoms with Gasteiger partial charge < -0.3 is 5.32 Å². The van der Waals surface area contributed by atoms with Crippen molar-refractivity contribution in [2.45, 2.75) is 51.6 Å². The summed E-state index contributed by atoms with van der Waals surface area (Å²) in [7, 11) is 0. The SMILES string of the molecule is CCC1CN(C(C)C(=O)NC2CC2)CCC1=O. The summed E-state index contributed by atoms with van der Waals surface area (Å²) in [5.74, 6) is 0.607. The van der Waals surface area contributed by atoms with Crippen molar-refractivity contribution in [2.24, 2.45) is 5.92 Å². The third kappa shape index (κ3) is 3.06. The lowest BCUT2D eigenvalue weighted by Crippen LogP contribution is -2.51. The van der Waals surface area contributed by atoms with Gasteiger partial charge in [0.25, 0.3) is 0 Å². The van der Waals surface area contributed by atoms with Gasteiger partial charge in [-0.25, -0.2) is 0 Å². The van der Waals surface area contributed by atoms with E-state index in [2.05, 4.69) is 10.2 Å². The smallest absolute Gasteiger partial charge is 0.237 e. The number of ketones is 1. The summed E-state index contributed by atoms with van der Waals surface area (Å²) in [6.07, 6.45) is 3.72. The van der Waals surface area contributed by atoms with Gasteiger partial charge in [-0.1, -0.05) is 6.92 Å². The van der Waals surface area contributed by atoms with E-state index in [0.29, 0.717) is 18.2 Å². The van der Waals surface area contributed by atoms with Gasteiger partial charge >= 0.3 is 0 Å². The standard InChI is InChI=1S/C13H22N2O2/c1-3-10-8-15(7-6-12(10)16)9(2)13(17)14-11-4-5-11/h9-11H,3-8H2,1-2H3,(H,14,17). The highest BCUT2D eigenvalue weighted by molar-refractivity contribution is 5.84. The van der Waals surface area contributed by atoms with Crippen LogP contribution in [0.5, 0.6) is 0 Å². The van der Waals surface area contributed by atoms with Gasteiger partial charge in [-0.15, -0.1) is 0 Å². The van der Waals surface area contributed by atoms with Crippen LogP contribution < -0.4 is 5.32 Å². The first-order valence-electron chi connectivity index (χ1n) is 6.69. The van der Waals surface area contributed by atoms with Crippen LogP contribution in [0.4, 0.5) is 0 Å². The molecule has 1 heterocycles. The van der Waals surface area contributed by atoms with E-state index < -0.39 is 0 Å². The highest BCUT2D eigenvalue weighted by atomic mass is 16.2. The number of nitrogens with one attached hydrogen (secondary N) is 1. The molecule has 17 heavy (non-hydrogen) atoms. The van der Waals surface area contributed by atoms with E-state index in [1.54, 1.807) is 0 Å². The van der Waals surface area contributed by atoms with Crippen LogP contribution in [0, 0.1) is 5.92 Å². The lowest BCUT2D eigenvalue weighted by Gasteiger charge is -2.34. The van der Waals surface area contributed by atoms with E-state index in [-0.39, 0.29) is 17.9 Å². The van der Waals surface area contributed by atoms with Crippen LogP contribution in [0.25, 0.3) is 0 Å². The summed E-state index contributed by atoms with van der Waals surface area (Å²) in [4.78, 5) is 25.7. The summed E-state index contributed by atoms with van der Waals surface area (Å²) < 4.78 is 0. The number of likely N-dealkylation sites (tertiary alicyclic amines) is 1. The monoisotopic (exact) mass is 238 g/mol. The Hall–Kier alpha value is -0.900. The first kappa shape index (κ1) is 12.6. The zero-order chi connectivity index (χ0) is 12.4. The maximum atomic E-state index is 11.9. The Labute approximate surface area is 103 Å². The van der Waals surface area contributed by atoms with Gasteiger partial charge in [0.2, 0.25) is 5.91 Å². The minimum atomic E-state index is -0.0993. The molecule has 1 amide bonds. The van der Waals surface area contributed by atoms with E-state index >= 15 is 0 Å². The van der Waals surface area contributed by atoms with Crippen molar-refractivity contribution in [3.8, 4) is 0 Å². The van der Waals surface area contributed by atoms with Crippen LogP contribution in [-0.2, 0) is 9.59 Å². The lowest BCUT2D eigenvalue weighted by atomic mass is 9.93. The summed E-state index contributed by atoms with van der Waals surface area (Å²) in [6.45, 7) is 5.46. The number of amides is 1. The molecule has 1 saturated carbocycles. The summed E-state index contributed by atoms with van der Waals surface area (Å²) in [5.41, 5.74) is 0. The molecule has 0 bridgehead atoms. The van der Waals surface area contributed by atoms with Crippen molar-refractivity contribution in [1.82, 2.24) is 10.2 Å². The predicted octanol–water partition coefficient (Wildman–Crippen LogP) is 0.954. The number of carbonyl (C=O) groups is 2. The average molecular weight is 238 g/mol. The van der Waals surface area contributed by atoms with Crippen LogP contribution in [-0.4, -0.2) is 41.8 Å². The Balaban J connectivity index is 1.87. The molecule has 0 aromatic carbocycles. The van der Waals surface area contributed by atoms with Gasteiger partial charge in [-0.3, -0.25) is 14.5 Å². The molecule has 2 fully saturated rings. The van der Waals surface area contributed by atoms with E-state index in [1.165, 1.54) is 0 Å². The van der Waals surface area contributed by atoms with Crippen LogP contribution >= 0.6 is 0 Å². The summed E-state index contributed by atoms with van der Waals surface area (Å²) in [5, 5.41) is 3.03. The highest BCUT2D eigenvalue weighted by Gasteiger charge is 2.33. The molecule has 0 aromatic rings. The molecule has 0 spiro atoms. The Kier molecular flexibility index (Phi) is 3.82. The first-order chi connectivity index (χ1) is 8.11. The molecule has 2 aliphatic rings. The number of carbonyl (C=O) groups excluding carboxylic acids is 2. The maximum Gasteiger partial charge on any atom is 0.237 e. The zero-order valence-corrected chi connectivity index (χ0v) is 10.7. The zero-order valence-electron chi connectivity index (χ0n) is 10.7. The van der Waals surface area contributed by atoms with Crippen LogP contribution in [0.2, 0.25) is 0 Å². The Morgan fingerprint density at radius 1 is 1.53 bits per heavy atom. The fourth-order valence-corrected chi connectivity index (χ4v) is 2.36. The molecule has 1 saturated heterocycles. The number of Topliss-reactive ketones (excluding diaryl/α,β-unsaturated/α-hetero) is 1. The van der Waals surface area contributed by atoms with E-state index in [0.717, 1.165) is 32.4 Å². The molecular weight excluding hydrogens is 216 g/mol. The van der Waals surface area contributed by atoms with Crippen molar-refractivity contribution >= 4 is 11.7 Å². The van der Waals surface area contributed by atoms with Crippen molar-refractivity contribution in [3.05, 3.63) is 0 Å². The topological polar surface area (TPSA) is 49.4 Å². The Morgan fingerprint density at radius 3 is 2.82 bits per heavy atom. The summed E-state index contributed by atoms with van der Waals surface area (Å²) in [6, 6.07) is 0.316. The van der Waals surface area contributed by atoms with Gasteiger partial charge in [0.05, 0.1) is 6.04 Å². The van der Waals surface area contributed by atoms with Gasteiger partial charge in [0.15, 0.2) is 0 Å². The van der Waals surface area contributed by atoms with Gasteiger partial charge in [0, 0.05) is 31.5 Å². The Morgan fingerprint density at radius 2 is 2.24 bits per heavy atom. The van der Waals surface area contributed by atoms with Gasteiger partial charge in [-0.05, 0) is 26.2 Å². The Bertz CT molecular complexity index is 313. The third-order valence-corrected chi connectivity index (χ3v) is 3.90. The normalized spacial score (nSPS) is 27.9. The van der Waals surface area contributed by atoms with E-state index in [4.69, 9.17) is 0 Å². The molecule has 96 valence electrons. The fraction of sp³-hybridized carbons (Fsp3) is 0.846. The molecule has 1 aliphatic heterocycles. The third-order valence-electron chi connectivity index (χ3n) is 3.90. The molecule has 4 nitrogen and oxygen atoms in total. The number of hydrogen-bond donors (Lipinski definition) is 1. The fourth-order valence-electron chi connectivity index (χ4n) is 2.36. The van der Waals surface area contributed by atoms with Crippen molar-refractivity contribution in [2.75, 3.05) is 13.1 Å². The lowest BCUT2D eigenvalue weighted by molar-refractivity contribution is -0.132. The molecule has 1 aliphatic carbocycles. The molecular formula is C13H22N2O2. The first-order valence-corrected chi connectivity index (χ1v) is 6.69. The molecule has 2 atom stereocenters. The minimum Gasteiger partial charge on any atom is -0.352 e. The van der Waals surface area contributed by atoms with Crippen molar-refractivity contribution < 1.29 is 9.59 Å². The highest BCUT2D eigenvalue weighted by Crippen LogP contribution is 2.21. The molecule has 0 aromatic heterocycles. The quantitative estimate of drug-likeness (QED) is 0.793. The molecule has 0 radical (unpaired) electrons. The molecule has 2 unspecified atom stereocenters. The second-order valence-electron chi connectivity index (χ2n) is 5.28. The van der Waals surface area contributed by atoms with Crippen LogP contribution in [0.3, 0.4) is 0 Å². The van der Waals surface area contributed by atoms with Crippen LogP contribution in [0.15, 0.2) is 0 Å². The number of hydrogen-bond acceptors (Lipinski definition) is 3. The van der Waals surface area contributed by atoms with Crippen LogP contribution in [0.1, 0.15) is 39.5 Å². The maximum absolute atomic E-state index is 11.9. The average Bonchev–Trinajstić information content (AvgIpc) is 3.12. The molecule has 1 N–H and O–H groups in total. The predicted molar refractivity (Wildman–Crippen MR) is 65.6 cm³/mol. The van der Waals surface area contributed by atoms with Gasteiger partial charge in [0.1, 0.15) is 5.78 Å². The van der Waals surface area contributed by atoms with E-state index in [9.17, 15) is 9.59 Å². The van der Waals surface area contributed by atoms with Crippen molar-refractivity contribution in [3.63, 3.8) is 0 Å². The largest absolute Gasteiger partial charge is 0.352 e. The van der Waals surface area contributed by atoms with Crippen molar-refractivity contribution in [1.29, 1.82) is 0 Å². The number of rotatable bonds is 4. The number of nitrogens with zero attached hydrogens (tertiary/aromatic N) is 1. The van der Waals surface area contributed by atoms with E-state index in [1.807, 2.05) is 13.8 Å². The molecule has 4 heteroatoms. The van der Waals surface area contributed by atoms with Gasteiger partial charge in [-0.2, -0.15) is 0 Å². The molecule has 2 rings (SSSR count). The minimum absolute atomic E-state index is 0.0993.